The molecule has 24 heavy (non-hydrogen) atoms. The number of amides is 1. The van der Waals surface area contributed by atoms with Gasteiger partial charge in [0, 0.05) is 18.8 Å². The van der Waals surface area contributed by atoms with Crippen LogP contribution in [0.25, 0.3) is 5.69 Å². The second kappa shape index (κ2) is 8.21. The molecule has 8 heteroatoms. The predicted octanol–water partition coefficient (Wildman–Crippen LogP) is 3.33. The summed E-state index contributed by atoms with van der Waals surface area (Å²) in [7, 11) is 0. The highest BCUT2D eigenvalue weighted by molar-refractivity contribution is 6.42. The van der Waals surface area contributed by atoms with Crippen molar-refractivity contribution in [1.82, 2.24) is 20.4 Å². The molecule has 0 saturated carbocycles. The quantitative estimate of drug-likeness (QED) is 0.846. The number of nitrogens with one attached hydrogen (secondary N) is 2. The zero-order valence-electron chi connectivity index (χ0n) is 13.1. The zero-order chi connectivity index (χ0) is 16.4. The van der Waals surface area contributed by atoms with Crippen molar-refractivity contribution in [3.05, 3.63) is 46.2 Å². The second-order valence-electron chi connectivity index (χ2n) is 5.79. The summed E-state index contributed by atoms with van der Waals surface area (Å²) in [5.41, 5.74) is 1.14. The van der Waals surface area contributed by atoms with Gasteiger partial charge in [-0.15, -0.1) is 12.4 Å². The number of halogens is 3. The molecule has 1 amide bonds. The van der Waals surface area contributed by atoms with Crippen molar-refractivity contribution < 1.29 is 4.79 Å². The third-order valence-electron chi connectivity index (χ3n) is 4.13. The van der Waals surface area contributed by atoms with Crippen LogP contribution in [-0.4, -0.2) is 34.8 Å². The van der Waals surface area contributed by atoms with Crippen molar-refractivity contribution in [2.45, 2.75) is 19.4 Å². The van der Waals surface area contributed by atoms with Gasteiger partial charge >= 0.3 is 0 Å². The molecule has 2 aromatic rings. The van der Waals surface area contributed by atoms with Crippen LogP contribution in [0.3, 0.4) is 0 Å². The fourth-order valence-electron chi connectivity index (χ4n) is 2.64. The number of aromatic nitrogens is 2. The van der Waals surface area contributed by atoms with Gasteiger partial charge in [-0.05, 0) is 43.1 Å². The third kappa shape index (κ3) is 4.22. The van der Waals surface area contributed by atoms with Gasteiger partial charge in [0.05, 0.1) is 15.7 Å². The van der Waals surface area contributed by atoms with Crippen molar-refractivity contribution >= 4 is 41.5 Å². The van der Waals surface area contributed by atoms with E-state index in [0.717, 1.165) is 25.2 Å². The second-order valence-corrected chi connectivity index (χ2v) is 6.61. The minimum atomic E-state index is -0.163. The molecule has 130 valence electrons. The molecule has 0 spiro atoms. The SMILES string of the molecule is CC1CCNCC1NC(=O)c1ccn(-c2ccc(Cl)c(Cl)c2)n1.Cl. The molecule has 5 nitrogen and oxygen atoms in total. The van der Waals surface area contributed by atoms with Crippen LogP contribution in [0.15, 0.2) is 30.5 Å². The van der Waals surface area contributed by atoms with Crippen LogP contribution < -0.4 is 10.6 Å². The fourth-order valence-corrected chi connectivity index (χ4v) is 2.93. The number of hydrogen-bond donors (Lipinski definition) is 2. The molecule has 2 atom stereocenters. The molecule has 1 aliphatic heterocycles. The maximum absolute atomic E-state index is 12.4. The van der Waals surface area contributed by atoms with E-state index in [0.29, 0.717) is 21.7 Å². The average molecular weight is 390 g/mol. The van der Waals surface area contributed by atoms with E-state index in [-0.39, 0.29) is 24.4 Å². The third-order valence-corrected chi connectivity index (χ3v) is 4.87. The number of carbonyl (C=O) groups is 1. The largest absolute Gasteiger partial charge is 0.346 e. The highest BCUT2D eigenvalue weighted by Gasteiger charge is 2.23. The van der Waals surface area contributed by atoms with Gasteiger partial charge in [-0.1, -0.05) is 30.1 Å². The lowest BCUT2D eigenvalue weighted by Crippen LogP contribution is -2.50. The van der Waals surface area contributed by atoms with Gasteiger partial charge in [-0.2, -0.15) is 5.10 Å². The van der Waals surface area contributed by atoms with E-state index in [1.165, 1.54) is 0 Å². The van der Waals surface area contributed by atoms with Crippen molar-refractivity contribution in [3.8, 4) is 5.69 Å². The van der Waals surface area contributed by atoms with Gasteiger partial charge in [0.1, 0.15) is 0 Å². The highest BCUT2D eigenvalue weighted by Crippen LogP contribution is 2.24. The Hall–Kier alpha value is -1.27. The molecule has 0 aliphatic carbocycles. The van der Waals surface area contributed by atoms with Crippen LogP contribution in [0.5, 0.6) is 0 Å². The Bertz CT molecular complexity index is 719. The summed E-state index contributed by atoms with van der Waals surface area (Å²) in [4.78, 5) is 12.4. The lowest BCUT2D eigenvalue weighted by Gasteiger charge is -2.29. The Morgan fingerprint density at radius 2 is 2.12 bits per heavy atom. The average Bonchev–Trinajstić information content (AvgIpc) is 3.02. The van der Waals surface area contributed by atoms with Crippen molar-refractivity contribution in [2.24, 2.45) is 5.92 Å². The summed E-state index contributed by atoms with van der Waals surface area (Å²) in [5, 5.41) is 11.6. The van der Waals surface area contributed by atoms with Crippen LogP contribution in [0.2, 0.25) is 10.0 Å². The van der Waals surface area contributed by atoms with E-state index < -0.39 is 0 Å². The van der Waals surface area contributed by atoms with Crippen LogP contribution in [-0.2, 0) is 0 Å². The van der Waals surface area contributed by atoms with Gasteiger partial charge in [0.2, 0.25) is 0 Å². The molecule has 1 saturated heterocycles. The summed E-state index contributed by atoms with van der Waals surface area (Å²) >= 11 is 11.9. The van der Waals surface area contributed by atoms with E-state index in [4.69, 9.17) is 23.2 Å². The number of benzene rings is 1. The number of rotatable bonds is 3. The molecular formula is C16H19Cl3N4O. The normalized spacial score (nSPS) is 20.3. The van der Waals surface area contributed by atoms with Gasteiger partial charge in [-0.25, -0.2) is 4.68 Å². The molecule has 2 N–H and O–H groups in total. The molecule has 1 aliphatic rings. The van der Waals surface area contributed by atoms with E-state index >= 15 is 0 Å². The Labute approximate surface area is 157 Å². The first kappa shape index (κ1) is 19.1. The first-order chi connectivity index (χ1) is 11.0. The fraction of sp³-hybridized carbons (Fsp3) is 0.375. The minimum Gasteiger partial charge on any atom is -0.346 e. The van der Waals surface area contributed by atoms with Crippen LogP contribution in [0, 0.1) is 5.92 Å². The highest BCUT2D eigenvalue weighted by atomic mass is 35.5. The van der Waals surface area contributed by atoms with E-state index in [2.05, 4.69) is 22.7 Å². The lowest BCUT2D eigenvalue weighted by atomic mass is 9.95. The summed E-state index contributed by atoms with van der Waals surface area (Å²) in [6.07, 6.45) is 2.79. The van der Waals surface area contributed by atoms with Gasteiger partial charge < -0.3 is 10.6 Å². The van der Waals surface area contributed by atoms with Crippen LogP contribution in [0.1, 0.15) is 23.8 Å². The Morgan fingerprint density at radius 3 is 2.83 bits per heavy atom. The molecule has 3 rings (SSSR count). The van der Waals surface area contributed by atoms with Gasteiger partial charge in [0.15, 0.2) is 5.69 Å². The summed E-state index contributed by atoms with van der Waals surface area (Å²) in [5.74, 6) is 0.293. The molecule has 1 fully saturated rings. The number of hydrogen-bond acceptors (Lipinski definition) is 3. The van der Waals surface area contributed by atoms with Crippen LogP contribution in [0.4, 0.5) is 0 Å². The number of piperidine rings is 1. The van der Waals surface area contributed by atoms with Crippen molar-refractivity contribution in [3.63, 3.8) is 0 Å². The lowest BCUT2D eigenvalue weighted by molar-refractivity contribution is 0.0909. The summed E-state index contributed by atoms with van der Waals surface area (Å²) in [6, 6.07) is 7.04. The Balaban J connectivity index is 0.00000208. The number of nitrogens with zero attached hydrogens (tertiary/aromatic N) is 2. The Kier molecular flexibility index (Phi) is 6.52. The number of carbonyl (C=O) groups excluding carboxylic acids is 1. The van der Waals surface area contributed by atoms with Gasteiger partial charge in [0.25, 0.3) is 5.91 Å². The maximum Gasteiger partial charge on any atom is 0.272 e. The molecule has 1 aromatic carbocycles. The zero-order valence-corrected chi connectivity index (χ0v) is 15.5. The smallest absolute Gasteiger partial charge is 0.272 e. The molecule has 2 unspecified atom stereocenters. The summed E-state index contributed by atoms with van der Waals surface area (Å²) in [6.45, 7) is 3.94. The van der Waals surface area contributed by atoms with Crippen molar-refractivity contribution in [2.75, 3.05) is 13.1 Å². The van der Waals surface area contributed by atoms with E-state index in [9.17, 15) is 4.79 Å². The first-order valence-electron chi connectivity index (χ1n) is 7.57. The van der Waals surface area contributed by atoms with E-state index in [1.54, 1.807) is 35.1 Å². The monoisotopic (exact) mass is 388 g/mol. The van der Waals surface area contributed by atoms with Crippen LogP contribution >= 0.6 is 35.6 Å². The Morgan fingerprint density at radius 1 is 1.33 bits per heavy atom. The van der Waals surface area contributed by atoms with Gasteiger partial charge in [-0.3, -0.25) is 4.79 Å². The minimum absolute atomic E-state index is 0. The molecule has 0 radical (unpaired) electrons. The molecule has 1 aromatic heterocycles. The van der Waals surface area contributed by atoms with Crippen molar-refractivity contribution in [1.29, 1.82) is 0 Å². The predicted molar refractivity (Wildman–Crippen MR) is 98.7 cm³/mol. The summed E-state index contributed by atoms with van der Waals surface area (Å²) < 4.78 is 1.61. The first-order valence-corrected chi connectivity index (χ1v) is 8.33. The topological polar surface area (TPSA) is 58.9 Å². The molecule has 2 heterocycles. The van der Waals surface area contributed by atoms with E-state index in [1.807, 2.05) is 0 Å². The maximum atomic E-state index is 12.4. The molecule has 0 bridgehead atoms. The standard InChI is InChI=1S/C16H18Cl2N4O.ClH/c1-10-4-6-19-9-15(10)20-16(23)14-5-7-22(21-14)11-2-3-12(17)13(18)8-11;/h2-3,5,7-8,10,15,19H,4,6,9H2,1H3,(H,20,23);1H. The molecular weight excluding hydrogens is 371 g/mol.